The van der Waals surface area contributed by atoms with E-state index in [4.69, 9.17) is 4.74 Å². The summed E-state index contributed by atoms with van der Waals surface area (Å²) in [7, 11) is 0. The molecule has 3 heterocycles. The summed E-state index contributed by atoms with van der Waals surface area (Å²) in [5, 5.41) is 5.25. The Labute approximate surface area is 116 Å². The van der Waals surface area contributed by atoms with Crippen molar-refractivity contribution >= 4 is 11.3 Å². The summed E-state index contributed by atoms with van der Waals surface area (Å²) in [5.74, 6) is 0. The van der Waals surface area contributed by atoms with E-state index in [0.29, 0.717) is 0 Å². The van der Waals surface area contributed by atoms with Crippen molar-refractivity contribution in [3.05, 3.63) is 28.7 Å². The van der Waals surface area contributed by atoms with Crippen LogP contribution in [-0.4, -0.2) is 50.4 Å². The van der Waals surface area contributed by atoms with Crippen molar-refractivity contribution in [1.29, 1.82) is 0 Å². The van der Waals surface area contributed by atoms with E-state index in [0.717, 1.165) is 37.8 Å². The predicted octanol–water partition coefficient (Wildman–Crippen LogP) is 0.944. The van der Waals surface area contributed by atoms with E-state index in [1.54, 1.807) is 24.0 Å². The van der Waals surface area contributed by atoms with Gasteiger partial charge in [-0.1, -0.05) is 0 Å². The second-order valence-electron chi connectivity index (χ2n) is 4.69. The molecule has 0 saturated carbocycles. The smallest absolute Gasteiger partial charge is 0.137 e. The van der Waals surface area contributed by atoms with Crippen LogP contribution in [0.25, 0.3) is 0 Å². The Morgan fingerprint density at radius 2 is 2.47 bits per heavy atom. The third-order valence-electron chi connectivity index (χ3n) is 3.13. The second-order valence-corrected chi connectivity index (χ2v) is 6.01. The van der Waals surface area contributed by atoms with Gasteiger partial charge in [-0.3, -0.25) is 9.58 Å². The first kappa shape index (κ1) is 12.7. The number of hydrogen-bond donors (Lipinski definition) is 0. The van der Waals surface area contributed by atoms with Crippen LogP contribution in [0.1, 0.15) is 9.88 Å². The van der Waals surface area contributed by atoms with Gasteiger partial charge in [0.05, 0.1) is 24.3 Å². The number of morpholine rings is 1. The Kier molecular flexibility index (Phi) is 3.86. The fourth-order valence-electron chi connectivity index (χ4n) is 2.27. The van der Waals surface area contributed by atoms with Crippen LogP contribution in [0.4, 0.5) is 0 Å². The standard InChI is InChI=1S/C12H17N5OS/c1-10-14-4-12(19-10)7-16-2-3-18-11(5-16)6-17-9-13-8-15-17/h4,8-9,11H,2-3,5-7H2,1H3. The number of rotatable bonds is 4. The number of aryl methyl sites for hydroxylation is 1. The first-order chi connectivity index (χ1) is 9.29. The molecule has 0 spiro atoms. The zero-order valence-electron chi connectivity index (χ0n) is 10.9. The molecule has 19 heavy (non-hydrogen) atoms. The van der Waals surface area contributed by atoms with Gasteiger partial charge in [-0.25, -0.2) is 9.97 Å². The highest BCUT2D eigenvalue weighted by atomic mass is 32.1. The molecule has 1 atom stereocenters. The largest absolute Gasteiger partial charge is 0.374 e. The van der Waals surface area contributed by atoms with Gasteiger partial charge < -0.3 is 4.74 Å². The summed E-state index contributed by atoms with van der Waals surface area (Å²) >= 11 is 1.77. The molecular formula is C12H17N5OS. The van der Waals surface area contributed by atoms with Crippen LogP contribution >= 0.6 is 11.3 Å². The molecule has 1 aliphatic rings. The van der Waals surface area contributed by atoms with Crippen molar-refractivity contribution < 1.29 is 4.74 Å². The van der Waals surface area contributed by atoms with Crippen LogP contribution in [0, 0.1) is 6.92 Å². The highest BCUT2D eigenvalue weighted by Crippen LogP contribution is 2.16. The molecule has 0 N–H and O–H groups in total. The lowest BCUT2D eigenvalue weighted by Crippen LogP contribution is -2.43. The fourth-order valence-corrected chi connectivity index (χ4v) is 3.11. The lowest BCUT2D eigenvalue weighted by atomic mass is 10.2. The van der Waals surface area contributed by atoms with Crippen molar-refractivity contribution in [3.8, 4) is 0 Å². The normalized spacial score (nSPS) is 20.8. The van der Waals surface area contributed by atoms with Crippen LogP contribution in [0.2, 0.25) is 0 Å². The van der Waals surface area contributed by atoms with Gasteiger partial charge >= 0.3 is 0 Å². The van der Waals surface area contributed by atoms with Crippen LogP contribution in [0.15, 0.2) is 18.9 Å². The summed E-state index contributed by atoms with van der Waals surface area (Å²) < 4.78 is 7.61. The molecule has 1 fully saturated rings. The van der Waals surface area contributed by atoms with E-state index in [2.05, 4.69) is 20.0 Å². The molecule has 0 bridgehead atoms. The number of ether oxygens (including phenoxy) is 1. The molecule has 1 unspecified atom stereocenters. The van der Waals surface area contributed by atoms with Gasteiger partial charge in [0.1, 0.15) is 12.7 Å². The predicted molar refractivity (Wildman–Crippen MR) is 71.9 cm³/mol. The first-order valence-corrected chi connectivity index (χ1v) is 7.19. The molecule has 2 aromatic heterocycles. The number of aromatic nitrogens is 4. The molecule has 0 aromatic carbocycles. The number of thiazole rings is 1. The molecule has 0 aliphatic carbocycles. The van der Waals surface area contributed by atoms with Gasteiger partial charge in [-0.15, -0.1) is 11.3 Å². The molecule has 7 heteroatoms. The molecule has 102 valence electrons. The molecule has 6 nitrogen and oxygen atoms in total. The fraction of sp³-hybridized carbons (Fsp3) is 0.583. The Hall–Kier alpha value is -1.31. The second kappa shape index (κ2) is 5.77. The lowest BCUT2D eigenvalue weighted by molar-refractivity contribution is -0.0400. The van der Waals surface area contributed by atoms with Crippen molar-refractivity contribution in [2.24, 2.45) is 0 Å². The summed E-state index contributed by atoms with van der Waals surface area (Å²) in [5.41, 5.74) is 0. The average Bonchev–Trinajstić information content (AvgIpc) is 3.02. The average molecular weight is 279 g/mol. The zero-order chi connectivity index (χ0) is 13.1. The summed E-state index contributed by atoms with van der Waals surface area (Å²) in [6.45, 7) is 6.45. The Bertz CT molecular complexity index is 512. The van der Waals surface area contributed by atoms with Crippen LogP contribution < -0.4 is 0 Å². The maximum Gasteiger partial charge on any atom is 0.137 e. The Balaban J connectivity index is 1.55. The van der Waals surface area contributed by atoms with Gasteiger partial charge in [0, 0.05) is 30.7 Å². The highest BCUT2D eigenvalue weighted by molar-refractivity contribution is 7.11. The van der Waals surface area contributed by atoms with Gasteiger partial charge in [-0.2, -0.15) is 5.10 Å². The molecular weight excluding hydrogens is 262 g/mol. The van der Waals surface area contributed by atoms with E-state index in [1.807, 2.05) is 17.8 Å². The quantitative estimate of drug-likeness (QED) is 0.834. The molecule has 1 aliphatic heterocycles. The van der Waals surface area contributed by atoms with E-state index >= 15 is 0 Å². The maximum atomic E-state index is 5.78. The summed E-state index contributed by atoms with van der Waals surface area (Å²) in [6, 6.07) is 0. The SMILES string of the molecule is Cc1ncc(CN2CCOC(Cn3cncn3)C2)s1. The molecule has 3 rings (SSSR count). The monoisotopic (exact) mass is 279 g/mol. The van der Waals surface area contributed by atoms with E-state index in [1.165, 1.54) is 4.88 Å². The molecule has 1 saturated heterocycles. The van der Waals surface area contributed by atoms with Gasteiger partial charge in [-0.05, 0) is 6.92 Å². The van der Waals surface area contributed by atoms with Crippen molar-refractivity contribution in [1.82, 2.24) is 24.6 Å². The topological polar surface area (TPSA) is 56.1 Å². The van der Waals surface area contributed by atoms with Crippen molar-refractivity contribution in [3.63, 3.8) is 0 Å². The van der Waals surface area contributed by atoms with E-state index in [-0.39, 0.29) is 6.10 Å². The molecule has 2 aromatic rings. The third-order valence-corrected chi connectivity index (χ3v) is 4.03. The molecule has 0 amide bonds. The number of nitrogens with zero attached hydrogens (tertiary/aromatic N) is 5. The van der Waals surface area contributed by atoms with Crippen LogP contribution in [0.5, 0.6) is 0 Å². The van der Waals surface area contributed by atoms with Gasteiger partial charge in [0.25, 0.3) is 0 Å². The van der Waals surface area contributed by atoms with Crippen molar-refractivity contribution in [2.45, 2.75) is 26.1 Å². The van der Waals surface area contributed by atoms with Crippen LogP contribution in [0.3, 0.4) is 0 Å². The minimum absolute atomic E-state index is 0.185. The molecule has 0 radical (unpaired) electrons. The van der Waals surface area contributed by atoms with Crippen LogP contribution in [-0.2, 0) is 17.8 Å². The first-order valence-electron chi connectivity index (χ1n) is 6.37. The Morgan fingerprint density at radius 3 is 3.21 bits per heavy atom. The van der Waals surface area contributed by atoms with Gasteiger partial charge in [0.2, 0.25) is 0 Å². The minimum Gasteiger partial charge on any atom is -0.374 e. The highest BCUT2D eigenvalue weighted by Gasteiger charge is 2.21. The lowest BCUT2D eigenvalue weighted by Gasteiger charge is -2.32. The minimum atomic E-state index is 0.185. The van der Waals surface area contributed by atoms with E-state index < -0.39 is 0 Å². The summed E-state index contributed by atoms with van der Waals surface area (Å²) in [4.78, 5) is 12.0. The third kappa shape index (κ3) is 3.37. The van der Waals surface area contributed by atoms with Crippen molar-refractivity contribution in [2.75, 3.05) is 19.7 Å². The summed E-state index contributed by atoms with van der Waals surface area (Å²) in [6.07, 6.45) is 5.45. The van der Waals surface area contributed by atoms with Gasteiger partial charge in [0.15, 0.2) is 0 Å². The van der Waals surface area contributed by atoms with E-state index in [9.17, 15) is 0 Å². The maximum absolute atomic E-state index is 5.78. The zero-order valence-corrected chi connectivity index (χ0v) is 11.7. The number of hydrogen-bond acceptors (Lipinski definition) is 6. The Morgan fingerprint density at radius 1 is 1.53 bits per heavy atom.